The Morgan fingerprint density at radius 3 is 2.00 bits per heavy atom. The topological polar surface area (TPSA) is 12.5 Å². The number of nitrogens with zero attached hydrogens (tertiary/aromatic N) is 1. The van der Waals surface area contributed by atoms with Crippen molar-refractivity contribution in [3.05, 3.63) is 0 Å². The highest BCUT2D eigenvalue weighted by Crippen LogP contribution is 2.06. The molecule has 0 bridgehead atoms. The van der Waals surface area contributed by atoms with E-state index >= 15 is 0 Å². The van der Waals surface area contributed by atoms with Gasteiger partial charge in [0.25, 0.3) is 0 Å². The second-order valence-electron chi connectivity index (χ2n) is 2.71. The Balaban J connectivity index is 3.86. The molecule has 12 heavy (non-hydrogen) atoms. The van der Waals surface area contributed by atoms with Crippen molar-refractivity contribution in [1.82, 2.24) is 4.90 Å². The van der Waals surface area contributed by atoms with E-state index in [4.69, 9.17) is 4.74 Å². The van der Waals surface area contributed by atoms with Gasteiger partial charge in [-0.1, -0.05) is 6.92 Å². The molecule has 0 saturated carbocycles. The molecule has 3 unspecified atom stereocenters. The Labute approximate surface area is 80.8 Å². The summed E-state index contributed by atoms with van der Waals surface area (Å²) >= 11 is 0. The summed E-state index contributed by atoms with van der Waals surface area (Å²) in [5.41, 5.74) is 0. The summed E-state index contributed by atoms with van der Waals surface area (Å²) in [4.78, 5) is 2.38. The van der Waals surface area contributed by atoms with Crippen molar-refractivity contribution in [3.8, 4) is 0 Å². The van der Waals surface area contributed by atoms with Crippen LogP contribution >= 0.6 is 18.5 Å². The maximum Gasteiger partial charge on any atom is 0.109 e. The van der Waals surface area contributed by atoms with Gasteiger partial charge in [-0.3, -0.25) is 4.90 Å². The zero-order valence-electron chi connectivity index (χ0n) is 8.12. The van der Waals surface area contributed by atoms with Gasteiger partial charge in [-0.25, -0.2) is 0 Å². The van der Waals surface area contributed by atoms with Crippen LogP contribution in [-0.4, -0.2) is 43.7 Å². The quantitative estimate of drug-likeness (QED) is 0.464. The van der Waals surface area contributed by atoms with Crippen LogP contribution in [-0.2, 0) is 4.74 Å². The molecule has 0 aromatic carbocycles. The van der Waals surface area contributed by atoms with Gasteiger partial charge in [0, 0.05) is 20.2 Å². The van der Waals surface area contributed by atoms with Crippen LogP contribution in [0.1, 0.15) is 13.3 Å². The second kappa shape index (κ2) is 8.38. The maximum atomic E-state index is 5.37. The van der Waals surface area contributed by atoms with E-state index in [1.807, 2.05) is 0 Å². The zero-order valence-corrected chi connectivity index (χ0v) is 10.4. The van der Waals surface area contributed by atoms with Crippen LogP contribution in [0.25, 0.3) is 0 Å². The average Bonchev–Trinajstić information content (AvgIpc) is 2.07. The minimum atomic E-state index is 0.297. The van der Waals surface area contributed by atoms with Crippen molar-refractivity contribution in [2.45, 2.75) is 19.6 Å². The van der Waals surface area contributed by atoms with Gasteiger partial charge in [0.15, 0.2) is 0 Å². The fourth-order valence-electron chi connectivity index (χ4n) is 1.31. The standard InChI is InChI=1S/C8H21NOP2/c1-3-8(10-2)9(4-6-11)5-7-12/h8H,3-7,11-12H2,1-2H3. The van der Waals surface area contributed by atoms with E-state index in [0.29, 0.717) is 6.23 Å². The van der Waals surface area contributed by atoms with E-state index in [1.54, 1.807) is 7.11 Å². The predicted octanol–water partition coefficient (Wildman–Crippen LogP) is 1.42. The second-order valence-corrected chi connectivity index (χ2v) is 3.87. The van der Waals surface area contributed by atoms with Gasteiger partial charge in [-0.15, -0.1) is 18.5 Å². The number of methoxy groups -OCH3 is 1. The molecule has 0 aromatic heterocycles. The first-order valence-electron chi connectivity index (χ1n) is 4.47. The number of ether oxygens (including phenoxy) is 1. The number of hydrogen-bond donors (Lipinski definition) is 0. The summed E-state index contributed by atoms with van der Waals surface area (Å²) in [5.74, 6) is 0. The van der Waals surface area contributed by atoms with Crippen molar-refractivity contribution >= 4 is 18.5 Å². The molecular formula is C8H21NOP2. The van der Waals surface area contributed by atoms with Gasteiger partial charge < -0.3 is 4.74 Å². The molecule has 0 saturated heterocycles. The highest BCUT2D eigenvalue weighted by Gasteiger charge is 2.13. The molecule has 0 aliphatic rings. The van der Waals surface area contributed by atoms with Crippen LogP contribution in [0, 0.1) is 0 Å². The zero-order chi connectivity index (χ0) is 9.40. The van der Waals surface area contributed by atoms with E-state index in [1.165, 1.54) is 0 Å². The Morgan fingerprint density at radius 1 is 1.25 bits per heavy atom. The highest BCUT2D eigenvalue weighted by molar-refractivity contribution is 7.16. The molecule has 0 aliphatic heterocycles. The molecule has 0 spiro atoms. The van der Waals surface area contributed by atoms with Gasteiger partial charge in [-0.05, 0) is 18.7 Å². The summed E-state index contributed by atoms with van der Waals surface area (Å²) in [6, 6.07) is 0. The van der Waals surface area contributed by atoms with Crippen LogP contribution < -0.4 is 0 Å². The lowest BCUT2D eigenvalue weighted by Gasteiger charge is -2.28. The van der Waals surface area contributed by atoms with E-state index in [9.17, 15) is 0 Å². The van der Waals surface area contributed by atoms with Crippen molar-refractivity contribution in [1.29, 1.82) is 0 Å². The van der Waals surface area contributed by atoms with E-state index < -0.39 is 0 Å². The third kappa shape index (κ3) is 4.72. The van der Waals surface area contributed by atoms with E-state index in [-0.39, 0.29) is 0 Å². The van der Waals surface area contributed by atoms with E-state index in [0.717, 1.165) is 31.8 Å². The summed E-state index contributed by atoms with van der Waals surface area (Å²) in [5, 5.41) is 0. The maximum absolute atomic E-state index is 5.37. The molecule has 0 fully saturated rings. The molecule has 3 atom stereocenters. The summed E-state index contributed by atoms with van der Waals surface area (Å²) in [7, 11) is 7.30. The van der Waals surface area contributed by atoms with Gasteiger partial charge >= 0.3 is 0 Å². The smallest absolute Gasteiger partial charge is 0.109 e. The first-order valence-corrected chi connectivity index (χ1v) is 6.10. The molecule has 0 amide bonds. The van der Waals surface area contributed by atoms with E-state index in [2.05, 4.69) is 30.3 Å². The molecule has 0 N–H and O–H groups in total. The normalized spacial score (nSPS) is 13.8. The molecule has 4 heteroatoms. The molecule has 2 nitrogen and oxygen atoms in total. The molecule has 0 aromatic rings. The summed E-state index contributed by atoms with van der Waals surface area (Å²) in [6.45, 7) is 4.36. The van der Waals surface area contributed by atoms with Crippen molar-refractivity contribution in [2.75, 3.05) is 32.5 Å². The first-order chi connectivity index (χ1) is 5.79. The molecule has 0 rings (SSSR count). The van der Waals surface area contributed by atoms with Gasteiger partial charge in [-0.2, -0.15) is 0 Å². The van der Waals surface area contributed by atoms with Gasteiger partial charge in [0.05, 0.1) is 0 Å². The largest absolute Gasteiger partial charge is 0.366 e. The van der Waals surface area contributed by atoms with Crippen molar-refractivity contribution < 1.29 is 4.74 Å². The van der Waals surface area contributed by atoms with Crippen LogP contribution in [0.3, 0.4) is 0 Å². The monoisotopic (exact) mass is 209 g/mol. The lowest BCUT2D eigenvalue weighted by molar-refractivity contribution is -0.0277. The Hall–Kier alpha value is 0.780. The fraction of sp³-hybridized carbons (Fsp3) is 1.00. The Kier molecular flexibility index (Phi) is 8.93. The Morgan fingerprint density at radius 2 is 1.75 bits per heavy atom. The fourth-order valence-corrected chi connectivity index (χ4v) is 1.97. The minimum Gasteiger partial charge on any atom is -0.366 e. The summed E-state index contributed by atoms with van der Waals surface area (Å²) in [6.07, 6.45) is 3.59. The first kappa shape index (κ1) is 12.8. The van der Waals surface area contributed by atoms with Crippen LogP contribution in [0.15, 0.2) is 0 Å². The lowest BCUT2D eigenvalue weighted by Crippen LogP contribution is -2.38. The average molecular weight is 209 g/mol. The van der Waals surface area contributed by atoms with Crippen molar-refractivity contribution in [3.63, 3.8) is 0 Å². The third-order valence-corrected chi connectivity index (χ3v) is 2.38. The predicted molar refractivity (Wildman–Crippen MR) is 61.8 cm³/mol. The molecule has 0 radical (unpaired) electrons. The molecule has 74 valence electrons. The molecule has 0 heterocycles. The SMILES string of the molecule is CCC(OC)N(CCP)CCP. The van der Waals surface area contributed by atoms with Crippen LogP contribution in [0.2, 0.25) is 0 Å². The molecule has 0 aliphatic carbocycles. The highest BCUT2D eigenvalue weighted by atomic mass is 31.0. The number of hydrogen-bond acceptors (Lipinski definition) is 2. The Bertz CT molecular complexity index is 93.1. The van der Waals surface area contributed by atoms with Crippen LogP contribution in [0.5, 0.6) is 0 Å². The third-order valence-electron chi connectivity index (χ3n) is 1.86. The van der Waals surface area contributed by atoms with Gasteiger partial charge in [0.2, 0.25) is 0 Å². The van der Waals surface area contributed by atoms with Crippen molar-refractivity contribution in [2.24, 2.45) is 0 Å². The molecular weight excluding hydrogens is 188 g/mol. The number of rotatable bonds is 7. The van der Waals surface area contributed by atoms with Crippen LogP contribution in [0.4, 0.5) is 0 Å². The lowest BCUT2D eigenvalue weighted by atomic mass is 10.3. The van der Waals surface area contributed by atoms with Gasteiger partial charge in [0.1, 0.15) is 6.23 Å². The minimum absolute atomic E-state index is 0.297. The summed E-state index contributed by atoms with van der Waals surface area (Å²) < 4.78 is 5.37.